The predicted octanol–water partition coefficient (Wildman–Crippen LogP) is 7.36. The molecule has 0 atom stereocenters. The molecule has 0 unspecified atom stereocenters. The van der Waals surface area contributed by atoms with Gasteiger partial charge in [0.15, 0.2) is 0 Å². The van der Waals surface area contributed by atoms with Gasteiger partial charge >= 0.3 is 7.75 Å². The van der Waals surface area contributed by atoms with Crippen molar-refractivity contribution in [3.05, 3.63) is 87.4 Å². The zero-order chi connectivity index (χ0) is 20.3. The van der Waals surface area contributed by atoms with Gasteiger partial charge in [0.1, 0.15) is 11.5 Å². The topological polar surface area (TPSA) is 47.6 Å². The van der Waals surface area contributed by atoms with Crippen LogP contribution < -0.4 is 14.1 Å². The van der Waals surface area contributed by atoms with E-state index < -0.39 is 7.75 Å². The second-order valence-corrected chi connectivity index (χ2v) is 9.11. The van der Waals surface area contributed by atoms with Crippen molar-refractivity contribution in [2.45, 2.75) is 27.7 Å². The SMILES string of the molecule is Cc1cccc(OP(=O)(Nc2ccccc2Br)Oc2cccc(C)c2C)c1C. The molecule has 0 aliphatic rings. The van der Waals surface area contributed by atoms with Crippen LogP contribution >= 0.6 is 23.7 Å². The van der Waals surface area contributed by atoms with E-state index in [4.69, 9.17) is 9.05 Å². The number of halogens is 1. The third-order valence-electron chi connectivity index (χ3n) is 4.68. The summed E-state index contributed by atoms with van der Waals surface area (Å²) in [4.78, 5) is 0. The molecule has 0 aliphatic carbocycles. The van der Waals surface area contributed by atoms with Crippen LogP contribution in [0.1, 0.15) is 22.3 Å². The largest absolute Gasteiger partial charge is 0.541 e. The van der Waals surface area contributed by atoms with Gasteiger partial charge in [-0.05, 0) is 90.1 Å². The fraction of sp³-hybridized carbons (Fsp3) is 0.182. The van der Waals surface area contributed by atoms with Crippen molar-refractivity contribution in [2.24, 2.45) is 0 Å². The van der Waals surface area contributed by atoms with Crippen molar-refractivity contribution in [3.8, 4) is 11.5 Å². The van der Waals surface area contributed by atoms with Crippen LogP contribution in [-0.4, -0.2) is 0 Å². The maximum absolute atomic E-state index is 13.8. The van der Waals surface area contributed by atoms with Crippen molar-refractivity contribution >= 4 is 29.4 Å². The second-order valence-electron chi connectivity index (χ2n) is 6.67. The summed E-state index contributed by atoms with van der Waals surface area (Å²) in [6, 6.07) is 18.7. The van der Waals surface area contributed by atoms with Crippen LogP contribution in [0.15, 0.2) is 65.1 Å². The molecule has 3 aromatic carbocycles. The number of aryl methyl sites for hydroxylation is 2. The summed E-state index contributed by atoms with van der Waals surface area (Å²) in [7, 11) is -3.79. The molecule has 4 nitrogen and oxygen atoms in total. The Morgan fingerprint density at radius 3 is 1.75 bits per heavy atom. The first-order valence-electron chi connectivity index (χ1n) is 8.93. The Bertz CT molecular complexity index is 994. The van der Waals surface area contributed by atoms with Gasteiger partial charge in [0.25, 0.3) is 0 Å². The average molecular weight is 460 g/mol. The fourth-order valence-corrected chi connectivity index (χ4v) is 4.74. The lowest BCUT2D eigenvalue weighted by Gasteiger charge is -2.23. The molecule has 1 N–H and O–H groups in total. The van der Waals surface area contributed by atoms with Crippen LogP contribution in [-0.2, 0) is 4.57 Å². The summed E-state index contributed by atoms with van der Waals surface area (Å²) in [6.45, 7) is 7.84. The summed E-state index contributed by atoms with van der Waals surface area (Å²) in [5.41, 5.74) is 4.57. The first-order chi connectivity index (χ1) is 13.3. The van der Waals surface area contributed by atoms with Crippen LogP contribution in [0, 0.1) is 27.7 Å². The molecule has 0 radical (unpaired) electrons. The van der Waals surface area contributed by atoms with Crippen molar-refractivity contribution in [3.63, 3.8) is 0 Å². The van der Waals surface area contributed by atoms with Crippen molar-refractivity contribution < 1.29 is 13.6 Å². The molecule has 6 heteroatoms. The van der Waals surface area contributed by atoms with E-state index in [2.05, 4.69) is 21.0 Å². The highest BCUT2D eigenvalue weighted by molar-refractivity contribution is 9.10. The zero-order valence-corrected chi connectivity index (χ0v) is 18.8. The quantitative estimate of drug-likeness (QED) is 0.391. The van der Waals surface area contributed by atoms with Gasteiger partial charge in [-0.15, -0.1) is 0 Å². The Balaban J connectivity index is 2.02. The number of anilines is 1. The highest BCUT2D eigenvalue weighted by Crippen LogP contribution is 2.51. The molecule has 0 aromatic heterocycles. The van der Waals surface area contributed by atoms with Gasteiger partial charge in [0.05, 0.1) is 5.69 Å². The molecular weight excluding hydrogens is 437 g/mol. The minimum Gasteiger partial charge on any atom is -0.400 e. The van der Waals surface area contributed by atoms with Gasteiger partial charge in [-0.3, -0.25) is 5.09 Å². The Morgan fingerprint density at radius 2 is 1.25 bits per heavy atom. The molecule has 0 heterocycles. The number of hydrogen-bond acceptors (Lipinski definition) is 3. The standard InChI is InChI=1S/C22H23BrNO3P/c1-15-9-7-13-21(17(15)3)26-28(25,24-20-12-6-5-11-19(20)23)27-22-14-8-10-16(2)18(22)4/h5-14H,1-4H3,(H,24,25). The highest BCUT2D eigenvalue weighted by Gasteiger charge is 2.31. The summed E-state index contributed by atoms with van der Waals surface area (Å²) >= 11 is 3.48. The molecule has 3 aromatic rings. The average Bonchev–Trinajstić information content (AvgIpc) is 2.65. The molecule has 0 aliphatic heterocycles. The van der Waals surface area contributed by atoms with E-state index in [0.717, 1.165) is 26.7 Å². The molecule has 3 rings (SSSR count). The van der Waals surface area contributed by atoms with E-state index in [1.165, 1.54) is 0 Å². The number of benzene rings is 3. The van der Waals surface area contributed by atoms with Crippen LogP contribution in [0.4, 0.5) is 5.69 Å². The highest BCUT2D eigenvalue weighted by atomic mass is 79.9. The van der Waals surface area contributed by atoms with Gasteiger partial charge < -0.3 is 9.05 Å². The lowest BCUT2D eigenvalue weighted by atomic mass is 10.1. The third kappa shape index (κ3) is 4.60. The van der Waals surface area contributed by atoms with Crippen LogP contribution in [0.2, 0.25) is 0 Å². The smallest absolute Gasteiger partial charge is 0.400 e. The van der Waals surface area contributed by atoms with Gasteiger partial charge in [-0.2, -0.15) is 0 Å². The van der Waals surface area contributed by atoms with Gasteiger partial charge in [0.2, 0.25) is 0 Å². The fourth-order valence-electron chi connectivity index (χ4n) is 2.67. The lowest BCUT2D eigenvalue weighted by molar-refractivity contribution is 0.390. The second kappa shape index (κ2) is 8.42. The van der Waals surface area contributed by atoms with Gasteiger partial charge in [-0.1, -0.05) is 36.4 Å². The Hall–Kier alpha value is -2.23. The summed E-state index contributed by atoms with van der Waals surface area (Å²) in [5.74, 6) is 1.04. The number of hydrogen-bond donors (Lipinski definition) is 1. The molecule has 0 saturated heterocycles. The van der Waals surface area contributed by atoms with Crippen molar-refractivity contribution in [1.82, 2.24) is 0 Å². The Kier molecular flexibility index (Phi) is 6.17. The van der Waals surface area contributed by atoms with Crippen molar-refractivity contribution in [1.29, 1.82) is 0 Å². The summed E-state index contributed by atoms with van der Waals surface area (Å²) in [5, 5.41) is 2.98. The normalized spacial score (nSPS) is 11.2. The van der Waals surface area contributed by atoms with Crippen LogP contribution in [0.5, 0.6) is 11.5 Å². The van der Waals surface area contributed by atoms with Crippen molar-refractivity contribution in [2.75, 3.05) is 5.09 Å². The van der Waals surface area contributed by atoms with Gasteiger partial charge in [0, 0.05) is 4.47 Å². The molecule has 0 bridgehead atoms. The number of rotatable bonds is 6. The van der Waals surface area contributed by atoms with E-state index in [9.17, 15) is 4.57 Å². The van der Waals surface area contributed by atoms with E-state index in [1.807, 2.05) is 76.2 Å². The first kappa shape index (κ1) is 20.5. The minimum atomic E-state index is -3.79. The predicted molar refractivity (Wildman–Crippen MR) is 118 cm³/mol. The van der Waals surface area contributed by atoms with E-state index >= 15 is 0 Å². The molecule has 0 saturated carbocycles. The van der Waals surface area contributed by atoms with E-state index in [0.29, 0.717) is 17.2 Å². The molecule has 146 valence electrons. The van der Waals surface area contributed by atoms with Gasteiger partial charge in [-0.25, -0.2) is 4.57 Å². The minimum absolute atomic E-state index is 0.521. The molecule has 0 fully saturated rings. The number of nitrogens with one attached hydrogen (secondary N) is 1. The maximum atomic E-state index is 13.8. The molecule has 0 amide bonds. The van der Waals surface area contributed by atoms with Crippen LogP contribution in [0.3, 0.4) is 0 Å². The van der Waals surface area contributed by atoms with E-state index in [1.54, 1.807) is 12.1 Å². The third-order valence-corrected chi connectivity index (χ3v) is 6.76. The molecular formula is C22H23BrNO3P. The van der Waals surface area contributed by atoms with E-state index in [-0.39, 0.29) is 0 Å². The lowest BCUT2D eigenvalue weighted by Crippen LogP contribution is -2.11. The molecule has 0 spiro atoms. The Morgan fingerprint density at radius 1 is 0.750 bits per heavy atom. The summed E-state index contributed by atoms with van der Waals surface area (Å²) < 4.78 is 26.5. The first-order valence-corrected chi connectivity index (χ1v) is 11.3. The number of para-hydroxylation sites is 1. The zero-order valence-electron chi connectivity index (χ0n) is 16.3. The monoisotopic (exact) mass is 459 g/mol. The van der Waals surface area contributed by atoms with Crippen LogP contribution in [0.25, 0.3) is 0 Å². The summed E-state index contributed by atoms with van der Waals surface area (Å²) in [6.07, 6.45) is 0. The molecule has 28 heavy (non-hydrogen) atoms. The Labute approximate surface area is 174 Å². The maximum Gasteiger partial charge on any atom is 0.541 e.